The van der Waals surface area contributed by atoms with Crippen LogP contribution in [-0.4, -0.2) is 20.8 Å². The van der Waals surface area contributed by atoms with Gasteiger partial charge in [-0.1, -0.05) is 38.8 Å². The minimum absolute atomic E-state index is 0.0315. The van der Waals surface area contributed by atoms with E-state index in [1.165, 1.54) is 0 Å². The van der Waals surface area contributed by atoms with Crippen LogP contribution >= 0.6 is 0 Å². The standard InChI is InChI=1S/C17H22O3S/c1-5-6-13-7-9-14(10-8-13)16-20-11-15(17(2,3)4)12-21(16,18)19/h7-10,15-16H,11-12H2,1-4H3/t15-,16-/m0/s1. The lowest BCUT2D eigenvalue weighted by Gasteiger charge is -2.36. The number of sulfone groups is 1. The van der Waals surface area contributed by atoms with Crippen molar-refractivity contribution in [3.63, 3.8) is 0 Å². The molecule has 2 rings (SSSR count). The molecule has 21 heavy (non-hydrogen) atoms. The van der Waals surface area contributed by atoms with E-state index in [0.29, 0.717) is 12.2 Å². The zero-order valence-electron chi connectivity index (χ0n) is 13.0. The fraction of sp³-hybridized carbons (Fsp3) is 0.529. The van der Waals surface area contributed by atoms with Gasteiger partial charge in [0.15, 0.2) is 15.3 Å². The van der Waals surface area contributed by atoms with E-state index >= 15 is 0 Å². The van der Waals surface area contributed by atoms with Crippen molar-refractivity contribution < 1.29 is 13.2 Å². The first kappa shape index (κ1) is 16.1. The first-order valence-corrected chi connectivity index (χ1v) is 8.81. The third-order valence-electron chi connectivity index (χ3n) is 3.89. The average Bonchev–Trinajstić information content (AvgIpc) is 2.38. The SMILES string of the molecule is CC#Cc1ccc([C@H]2OC[C@H](C(C)(C)C)CS2(=O)=O)cc1. The molecule has 4 heteroatoms. The highest BCUT2D eigenvalue weighted by Gasteiger charge is 2.40. The molecule has 0 unspecified atom stereocenters. The van der Waals surface area contributed by atoms with Crippen LogP contribution in [0.4, 0.5) is 0 Å². The van der Waals surface area contributed by atoms with Crippen LogP contribution in [0.3, 0.4) is 0 Å². The molecule has 0 N–H and O–H groups in total. The number of rotatable bonds is 1. The van der Waals surface area contributed by atoms with Gasteiger partial charge in [0.1, 0.15) is 0 Å². The van der Waals surface area contributed by atoms with Crippen molar-refractivity contribution >= 4 is 9.84 Å². The third-order valence-corrected chi connectivity index (χ3v) is 5.81. The highest BCUT2D eigenvalue weighted by Crippen LogP contribution is 2.37. The lowest BCUT2D eigenvalue weighted by atomic mass is 9.82. The minimum atomic E-state index is -3.29. The molecule has 1 aliphatic rings. The molecule has 1 aliphatic heterocycles. The molecule has 0 aromatic heterocycles. The topological polar surface area (TPSA) is 43.4 Å². The van der Waals surface area contributed by atoms with Crippen molar-refractivity contribution in [3.05, 3.63) is 35.4 Å². The molecular weight excluding hydrogens is 284 g/mol. The monoisotopic (exact) mass is 306 g/mol. The second-order valence-electron chi connectivity index (χ2n) is 6.55. The largest absolute Gasteiger partial charge is 0.357 e. The molecule has 1 heterocycles. The Bertz CT molecular complexity index is 655. The van der Waals surface area contributed by atoms with Gasteiger partial charge in [0.05, 0.1) is 12.4 Å². The molecule has 1 aromatic carbocycles. The Morgan fingerprint density at radius 2 is 1.81 bits per heavy atom. The van der Waals surface area contributed by atoms with Gasteiger partial charge >= 0.3 is 0 Å². The lowest BCUT2D eigenvalue weighted by Crippen LogP contribution is -2.39. The van der Waals surface area contributed by atoms with Gasteiger partial charge in [-0.25, -0.2) is 8.42 Å². The van der Waals surface area contributed by atoms with E-state index in [1.807, 2.05) is 12.1 Å². The van der Waals surface area contributed by atoms with Gasteiger partial charge in [-0.05, 0) is 30.0 Å². The zero-order valence-corrected chi connectivity index (χ0v) is 13.8. The average molecular weight is 306 g/mol. The summed E-state index contributed by atoms with van der Waals surface area (Å²) in [6.07, 6.45) is 0. The fourth-order valence-corrected chi connectivity index (χ4v) is 4.58. The molecule has 1 aromatic rings. The van der Waals surface area contributed by atoms with Gasteiger partial charge in [0.25, 0.3) is 0 Å². The molecule has 0 radical (unpaired) electrons. The van der Waals surface area contributed by atoms with Gasteiger partial charge < -0.3 is 4.74 Å². The Labute approximate surface area is 127 Å². The van der Waals surface area contributed by atoms with Gasteiger partial charge in [-0.3, -0.25) is 0 Å². The number of ether oxygens (including phenoxy) is 1. The van der Waals surface area contributed by atoms with Crippen LogP contribution in [0, 0.1) is 23.2 Å². The first-order chi connectivity index (χ1) is 9.74. The maximum atomic E-state index is 12.5. The first-order valence-electron chi connectivity index (χ1n) is 7.10. The third kappa shape index (κ3) is 3.66. The van der Waals surface area contributed by atoms with E-state index < -0.39 is 15.3 Å². The van der Waals surface area contributed by atoms with Crippen molar-refractivity contribution in [3.8, 4) is 11.8 Å². The van der Waals surface area contributed by atoms with Gasteiger partial charge in [-0.15, -0.1) is 5.92 Å². The molecule has 1 saturated heterocycles. The van der Waals surface area contributed by atoms with Crippen LogP contribution in [0.1, 0.15) is 44.3 Å². The Morgan fingerprint density at radius 1 is 1.19 bits per heavy atom. The van der Waals surface area contributed by atoms with Crippen molar-refractivity contribution in [2.45, 2.75) is 33.1 Å². The van der Waals surface area contributed by atoms with Crippen molar-refractivity contribution in [2.24, 2.45) is 11.3 Å². The predicted molar refractivity (Wildman–Crippen MR) is 84.4 cm³/mol. The summed E-state index contributed by atoms with van der Waals surface area (Å²) in [5, 5.41) is 0. The smallest absolute Gasteiger partial charge is 0.183 e. The molecule has 3 nitrogen and oxygen atoms in total. The molecule has 0 saturated carbocycles. The summed E-state index contributed by atoms with van der Waals surface area (Å²) in [5.74, 6) is 5.98. The molecule has 1 fully saturated rings. The maximum absolute atomic E-state index is 12.5. The summed E-state index contributed by atoms with van der Waals surface area (Å²) >= 11 is 0. The molecule has 0 spiro atoms. The maximum Gasteiger partial charge on any atom is 0.183 e. The van der Waals surface area contributed by atoms with E-state index in [4.69, 9.17) is 4.74 Å². The Morgan fingerprint density at radius 3 is 2.29 bits per heavy atom. The zero-order chi connectivity index (χ0) is 15.7. The quantitative estimate of drug-likeness (QED) is 0.749. The second-order valence-corrected chi connectivity index (χ2v) is 8.64. The molecule has 114 valence electrons. The summed E-state index contributed by atoms with van der Waals surface area (Å²) in [5.41, 5.74) is 0.643. The fourth-order valence-electron chi connectivity index (χ4n) is 2.39. The number of hydrogen-bond donors (Lipinski definition) is 0. The number of hydrogen-bond acceptors (Lipinski definition) is 3. The van der Waals surface area contributed by atoms with E-state index in [9.17, 15) is 8.42 Å². The summed E-state index contributed by atoms with van der Waals surface area (Å²) in [4.78, 5) is 0. The van der Waals surface area contributed by atoms with Crippen LogP contribution in [0.25, 0.3) is 0 Å². The summed E-state index contributed by atoms with van der Waals surface area (Å²) in [6.45, 7) is 8.40. The van der Waals surface area contributed by atoms with E-state index in [-0.39, 0.29) is 17.1 Å². The van der Waals surface area contributed by atoms with Crippen LogP contribution in [0.2, 0.25) is 0 Å². The van der Waals surface area contributed by atoms with Crippen molar-refractivity contribution in [2.75, 3.05) is 12.4 Å². The summed E-state index contributed by atoms with van der Waals surface area (Å²) in [7, 11) is -3.29. The van der Waals surface area contributed by atoms with E-state index in [0.717, 1.165) is 5.56 Å². The molecule has 0 amide bonds. The minimum Gasteiger partial charge on any atom is -0.357 e. The van der Waals surface area contributed by atoms with E-state index in [2.05, 4.69) is 32.6 Å². The Kier molecular flexibility index (Phi) is 4.46. The van der Waals surface area contributed by atoms with Crippen molar-refractivity contribution in [1.29, 1.82) is 0 Å². The predicted octanol–water partition coefficient (Wildman–Crippen LogP) is 3.16. The normalized spacial score (nSPS) is 25.0. The van der Waals surface area contributed by atoms with Gasteiger partial charge in [0, 0.05) is 11.5 Å². The number of benzene rings is 1. The van der Waals surface area contributed by atoms with Crippen LogP contribution in [0.5, 0.6) is 0 Å². The molecule has 2 atom stereocenters. The summed E-state index contributed by atoms with van der Waals surface area (Å²) in [6, 6.07) is 7.25. The van der Waals surface area contributed by atoms with Crippen molar-refractivity contribution in [1.82, 2.24) is 0 Å². The van der Waals surface area contributed by atoms with Gasteiger partial charge in [-0.2, -0.15) is 0 Å². The van der Waals surface area contributed by atoms with Crippen LogP contribution in [0.15, 0.2) is 24.3 Å². The molecule has 0 aliphatic carbocycles. The Hall–Kier alpha value is -1.31. The highest BCUT2D eigenvalue weighted by atomic mass is 32.2. The lowest BCUT2D eigenvalue weighted by molar-refractivity contribution is 0.0311. The molecule has 0 bridgehead atoms. The second kappa shape index (κ2) is 5.82. The van der Waals surface area contributed by atoms with Crippen LogP contribution < -0.4 is 0 Å². The van der Waals surface area contributed by atoms with E-state index in [1.54, 1.807) is 19.1 Å². The summed E-state index contributed by atoms with van der Waals surface area (Å²) < 4.78 is 30.7. The highest BCUT2D eigenvalue weighted by molar-refractivity contribution is 7.91. The molecular formula is C17H22O3S. The van der Waals surface area contributed by atoms with Crippen LogP contribution in [-0.2, 0) is 14.6 Å². The van der Waals surface area contributed by atoms with Gasteiger partial charge in [0.2, 0.25) is 0 Å². The Balaban J connectivity index is 2.23.